The molecule has 0 saturated heterocycles. The highest BCUT2D eigenvalue weighted by Gasteiger charge is 1.57. The van der Waals surface area contributed by atoms with Gasteiger partial charge in [-0.1, -0.05) is 36.4 Å². The zero-order valence-corrected chi connectivity index (χ0v) is 6.12. The van der Waals surface area contributed by atoms with Crippen LogP contribution in [0.1, 0.15) is 0 Å². The Morgan fingerprint density at radius 2 is 1.00 bits per heavy atom. The fraction of sp³-hybridized carbons (Fsp3) is 0. The van der Waals surface area contributed by atoms with Crippen LogP contribution in [0.25, 0.3) is 0 Å². The highest BCUT2D eigenvalue weighted by Crippen LogP contribution is 1.79. The predicted octanol–water partition coefficient (Wildman–Crippen LogP) is 1.81. The van der Waals surface area contributed by atoms with Crippen molar-refractivity contribution in [3.05, 3.63) is 36.4 Å². The van der Waals surface area contributed by atoms with Crippen molar-refractivity contribution in [3.63, 3.8) is 0 Å². The van der Waals surface area contributed by atoms with Crippen molar-refractivity contribution >= 4 is 18.9 Å². The summed E-state index contributed by atoms with van der Waals surface area (Å²) in [6.07, 6.45) is 0. The molecule has 2 nitrogen and oxygen atoms in total. The molecule has 0 atom stereocenters. The normalized spacial score (nSPS) is 6.00. The highest BCUT2D eigenvalue weighted by molar-refractivity contribution is 5.85. The molecule has 0 heterocycles. The van der Waals surface area contributed by atoms with E-state index in [0.717, 1.165) is 0 Å². The third-order valence-electron chi connectivity index (χ3n) is 0.667. The zero-order valence-electron chi connectivity index (χ0n) is 5.31. The second-order valence-corrected chi connectivity index (χ2v) is 1.26. The number of carboxylic acid groups (broad SMARTS) is 1. The van der Waals surface area contributed by atoms with Crippen molar-refractivity contribution in [1.29, 1.82) is 0 Å². The minimum atomic E-state index is -0.250. The Morgan fingerprint density at radius 3 is 1.10 bits per heavy atom. The number of benzene rings is 1. The maximum atomic E-state index is 8.36. The second kappa shape index (κ2) is 10.9. The van der Waals surface area contributed by atoms with Gasteiger partial charge in [-0.05, 0) is 0 Å². The number of hydrogen-bond donors (Lipinski definition) is 1. The van der Waals surface area contributed by atoms with E-state index in [1.165, 1.54) is 0 Å². The molecule has 0 amide bonds. The molecule has 1 aromatic carbocycles. The lowest BCUT2D eigenvalue weighted by Crippen LogP contribution is -1.49. The summed E-state index contributed by atoms with van der Waals surface area (Å²) >= 11 is 0. The van der Waals surface area contributed by atoms with Crippen molar-refractivity contribution in [2.75, 3.05) is 0 Å². The summed E-state index contributed by atoms with van der Waals surface area (Å²) in [6, 6.07) is 12.0. The summed E-state index contributed by atoms with van der Waals surface area (Å²) in [5.74, 6) is 0. The molecular formula is C7H9ClO2. The van der Waals surface area contributed by atoms with E-state index < -0.39 is 0 Å². The van der Waals surface area contributed by atoms with Gasteiger partial charge in [0.15, 0.2) is 0 Å². The first-order chi connectivity index (χ1) is 4.41. The average Bonchev–Trinajstić information content (AvgIpc) is 1.93. The van der Waals surface area contributed by atoms with Gasteiger partial charge in [-0.15, -0.1) is 12.4 Å². The van der Waals surface area contributed by atoms with Crippen molar-refractivity contribution in [1.82, 2.24) is 0 Å². The van der Waals surface area contributed by atoms with Crippen LogP contribution in [0.5, 0.6) is 0 Å². The Hall–Kier alpha value is -1.02. The smallest absolute Gasteiger partial charge is 0.290 e. The number of hydrogen-bond acceptors (Lipinski definition) is 1. The fourth-order valence-corrected chi connectivity index (χ4v) is 0.385. The summed E-state index contributed by atoms with van der Waals surface area (Å²) in [7, 11) is 0. The van der Waals surface area contributed by atoms with Crippen LogP contribution < -0.4 is 0 Å². The van der Waals surface area contributed by atoms with Crippen LogP contribution in [-0.4, -0.2) is 11.6 Å². The molecule has 0 bridgehead atoms. The van der Waals surface area contributed by atoms with Crippen molar-refractivity contribution in [2.24, 2.45) is 0 Å². The maximum Gasteiger partial charge on any atom is 0.290 e. The Labute approximate surface area is 65.9 Å². The topological polar surface area (TPSA) is 37.3 Å². The Kier molecular flexibility index (Phi) is 12.8. The first-order valence-electron chi connectivity index (χ1n) is 2.49. The molecule has 56 valence electrons. The maximum absolute atomic E-state index is 8.36. The van der Waals surface area contributed by atoms with Gasteiger partial charge >= 0.3 is 0 Å². The van der Waals surface area contributed by atoms with Crippen LogP contribution in [0.2, 0.25) is 0 Å². The molecule has 0 aliphatic rings. The van der Waals surface area contributed by atoms with Gasteiger partial charge in [0.05, 0.1) is 0 Å². The third-order valence-corrected chi connectivity index (χ3v) is 0.667. The van der Waals surface area contributed by atoms with Crippen molar-refractivity contribution in [2.45, 2.75) is 0 Å². The SMILES string of the molecule is Cl.O=CO.c1ccccc1. The van der Waals surface area contributed by atoms with Crippen LogP contribution in [0.3, 0.4) is 0 Å². The van der Waals surface area contributed by atoms with Gasteiger partial charge in [-0.2, -0.15) is 0 Å². The fourth-order valence-electron chi connectivity index (χ4n) is 0.385. The number of halogens is 1. The quantitative estimate of drug-likeness (QED) is 0.588. The van der Waals surface area contributed by atoms with Crippen LogP contribution in [0.4, 0.5) is 0 Å². The minimum Gasteiger partial charge on any atom is -0.483 e. The van der Waals surface area contributed by atoms with Crippen LogP contribution in [0, 0.1) is 0 Å². The van der Waals surface area contributed by atoms with Gasteiger partial charge in [0.1, 0.15) is 0 Å². The average molecular weight is 161 g/mol. The van der Waals surface area contributed by atoms with Gasteiger partial charge < -0.3 is 5.11 Å². The van der Waals surface area contributed by atoms with Gasteiger partial charge in [0, 0.05) is 0 Å². The van der Waals surface area contributed by atoms with Gasteiger partial charge in [0.2, 0.25) is 0 Å². The summed E-state index contributed by atoms with van der Waals surface area (Å²) in [5, 5.41) is 6.89. The molecule has 0 spiro atoms. The molecule has 0 unspecified atom stereocenters. The summed E-state index contributed by atoms with van der Waals surface area (Å²) < 4.78 is 0. The lowest BCUT2D eigenvalue weighted by molar-refractivity contribution is -0.122. The zero-order chi connectivity index (χ0) is 6.95. The monoisotopic (exact) mass is 160 g/mol. The van der Waals surface area contributed by atoms with Crippen LogP contribution in [-0.2, 0) is 4.79 Å². The summed E-state index contributed by atoms with van der Waals surface area (Å²) in [6.45, 7) is -0.250. The number of carbonyl (C=O) groups is 1. The van der Waals surface area contributed by atoms with Gasteiger partial charge in [0.25, 0.3) is 6.47 Å². The second-order valence-electron chi connectivity index (χ2n) is 1.26. The van der Waals surface area contributed by atoms with E-state index in [9.17, 15) is 0 Å². The van der Waals surface area contributed by atoms with Crippen LogP contribution in [0.15, 0.2) is 36.4 Å². The molecule has 1 rings (SSSR count). The third kappa shape index (κ3) is 10.1. The standard InChI is InChI=1S/C6H6.CH2O2.ClH/c1-2-4-6-5-3-1;2-1-3;/h1-6H;1H,(H,2,3);1H. The molecule has 0 aliphatic carbocycles. The first-order valence-corrected chi connectivity index (χ1v) is 2.49. The molecule has 1 aromatic rings. The lowest BCUT2D eigenvalue weighted by atomic mass is 10.4. The molecule has 0 aliphatic heterocycles. The first kappa shape index (κ1) is 11.7. The predicted molar refractivity (Wildman–Crippen MR) is 42.4 cm³/mol. The van der Waals surface area contributed by atoms with E-state index in [1.807, 2.05) is 36.4 Å². The van der Waals surface area contributed by atoms with E-state index in [4.69, 9.17) is 9.90 Å². The van der Waals surface area contributed by atoms with Crippen molar-refractivity contribution in [3.8, 4) is 0 Å². The van der Waals surface area contributed by atoms with Gasteiger partial charge in [-0.3, -0.25) is 4.79 Å². The summed E-state index contributed by atoms with van der Waals surface area (Å²) in [4.78, 5) is 8.36. The van der Waals surface area contributed by atoms with E-state index in [-0.39, 0.29) is 18.9 Å². The largest absolute Gasteiger partial charge is 0.483 e. The molecule has 0 aromatic heterocycles. The molecule has 0 fully saturated rings. The van der Waals surface area contributed by atoms with Crippen molar-refractivity contribution < 1.29 is 9.90 Å². The summed E-state index contributed by atoms with van der Waals surface area (Å²) in [5.41, 5.74) is 0. The molecular weight excluding hydrogens is 152 g/mol. The Bertz CT molecular complexity index is 115. The van der Waals surface area contributed by atoms with Gasteiger partial charge in [-0.25, -0.2) is 0 Å². The highest BCUT2D eigenvalue weighted by atomic mass is 35.5. The molecule has 1 N–H and O–H groups in total. The molecule has 3 heteroatoms. The molecule has 0 saturated carbocycles. The van der Waals surface area contributed by atoms with E-state index in [0.29, 0.717) is 0 Å². The van der Waals surface area contributed by atoms with Crippen LogP contribution >= 0.6 is 12.4 Å². The van der Waals surface area contributed by atoms with E-state index in [2.05, 4.69) is 0 Å². The molecule has 10 heavy (non-hydrogen) atoms. The van der Waals surface area contributed by atoms with E-state index >= 15 is 0 Å². The Balaban J connectivity index is 0. The molecule has 0 radical (unpaired) electrons. The lowest BCUT2D eigenvalue weighted by Gasteiger charge is -1.69. The Morgan fingerprint density at radius 1 is 0.900 bits per heavy atom. The van der Waals surface area contributed by atoms with E-state index in [1.54, 1.807) is 0 Å². The number of rotatable bonds is 0. The minimum absolute atomic E-state index is 0.